The van der Waals surface area contributed by atoms with E-state index in [2.05, 4.69) is 4.98 Å². The zero-order valence-electron chi connectivity index (χ0n) is 9.93. The number of Topliss-reactive ketones (excluding diaryl/α,β-unsaturated/α-hetero) is 1. The average Bonchev–Trinajstić information content (AvgIpc) is 2.67. The van der Waals surface area contributed by atoms with Crippen LogP contribution in [0.2, 0.25) is 0 Å². The van der Waals surface area contributed by atoms with E-state index in [-0.39, 0.29) is 23.8 Å². The van der Waals surface area contributed by atoms with Crippen LogP contribution in [0.5, 0.6) is 0 Å². The van der Waals surface area contributed by atoms with Crippen LogP contribution in [0.4, 0.5) is 0 Å². The van der Waals surface area contributed by atoms with Crippen molar-refractivity contribution in [3.63, 3.8) is 0 Å². The number of hydrogen-bond donors (Lipinski definition) is 1. The molecule has 1 fully saturated rings. The summed E-state index contributed by atoms with van der Waals surface area (Å²) in [6.45, 7) is 3.82. The summed E-state index contributed by atoms with van der Waals surface area (Å²) < 4.78 is 26.1. The highest BCUT2D eigenvalue weighted by molar-refractivity contribution is 7.89. The molecule has 1 aromatic rings. The van der Waals surface area contributed by atoms with E-state index in [9.17, 15) is 13.2 Å². The van der Waals surface area contributed by atoms with Gasteiger partial charge in [-0.15, -0.1) is 0 Å². The lowest BCUT2D eigenvalue weighted by Crippen LogP contribution is -2.52. The minimum Gasteiger partial charge on any atom is -0.351 e. The minimum atomic E-state index is -3.52. The van der Waals surface area contributed by atoms with Gasteiger partial charge in [0, 0.05) is 31.1 Å². The van der Waals surface area contributed by atoms with E-state index in [1.165, 1.54) is 10.4 Å². The maximum Gasteiger partial charge on any atom is 0.259 e. The zero-order chi connectivity index (χ0) is 12.7. The summed E-state index contributed by atoms with van der Waals surface area (Å²) in [6.07, 6.45) is 2.14. The van der Waals surface area contributed by atoms with Crippen LogP contribution in [-0.2, 0) is 14.8 Å². The molecular formula is C11H16N2O3S. The maximum absolute atomic E-state index is 12.4. The predicted octanol–water partition coefficient (Wildman–Crippen LogP) is 1.15. The van der Waals surface area contributed by atoms with Crippen LogP contribution in [0.15, 0.2) is 23.4 Å². The lowest BCUT2D eigenvalue weighted by Gasteiger charge is -2.40. The molecule has 1 saturated heterocycles. The Labute approximate surface area is 101 Å². The number of sulfonamides is 1. The lowest BCUT2D eigenvalue weighted by molar-refractivity contribution is -0.123. The average molecular weight is 256 g/mol. The Morgan fingerprint density at radius 3 is 2.65 bits per heavy atom. The van der Waals surface area contributed by atoms with Gasteiger partial charge >= 0.3 is 0 Å². The van der Waals surface area contributed by atoms with Gasteiger partial charge in [0.15, 0.2) is 0 Å². The number of ketones is 1. The van der Waals surface area contributed by atoms with Crippen LogP contribution in [0.3, 0.4) is 0 Å². The van der Waals surface area contributed by atoms with Crippen LogP contribution in [0.1, 0.15) is 26.7 Å². The Kier molecular flexibility index (Phi) is 2.87. The molecule has 1 N–H and O–H groups in total. The third-order valence-electron chi connectivity index (χ3n) is 3.04. The first-order chi connectivity index (χ1) is 7.84. The van der Waals surface area contributed by atoms with Crippen molar-refractivity contribution in [1.82, 2.24) is 9.29 Å². The summed E-state index contributed by atoms with van der Waals surface area (Å²) >= 11 is 0. The second kappa shape index (κ2) is 3.96. The first-order valence-corrected chi connectivity index (χ1v) is 6.96. The molecule has 6 heteroatoms. The van der Waals surface area contributed by atoms with E-state index in [1.807, 2.05) is 0 Å². The van der Waals surface area contributed by atoms with Crippen molar-refractivity contribution in [2.24, 2.45) is 0 Å². The molecule has 0 unspecified atom stereocenters. The predicted molar refractivity (Wildman–Crippen MR) is 63.0 cm³/mol. The van der Waals surface area contributed by atoms with E-state index in [1.54, 1.807) is 26.1 Å². The number of aromatic nitrogens is 1. The Bertz CT molecular complexity index is 517. The Hall–Kier alpha value is -1.14. The fraction of sp³-hybridized carbons (Fsp3) is 0.545. The molecule has 0 aliphatic carbocycles. The van der Waals surface area contributed by atoms with Crippen molar-refractivity contribution in [1.29, 1.82) is 0 Å². The van der Waals surface area contributed by atoms with Gasteiger partial charge in [-0.25, -0.2) is 8.42 Å². The minimum absolute atomic E-state index is 0.118. The normalized spacial score (nSPS) is 21.6. The molecule has 1 aliphatic heterocycles. The molecule has 5 nitrogen and oxygen atoms in total. The largest absolute Gasteiger partial charge is 0.351 e. The smallest absolute Gasteiger partial charge is 0.259 e. The van der Waals surface area contributed by atoms with E-state index < -0.39 is 15.6 Å². The molecule has 2 rings (SSSR count). The first-order valence-electron chi connectivity index (χ1n) is 5.52. The van der Waals surface area contributed by atoms with Crippen LogP contribution in [0.25, 0.3) is 0 Å². The lowest BCUT2D eigenvalue weighted by atomic mass is 9.92. The maximum atomic E-state index is 12.4. The molecule has 0 atom stereocenters. The van der Waals surface area contributed by atoms with Crippen LogP contribution in [0, 0.1) is 0 Å². The number of rotatable bonds is 2. The van der Waals surface area contributed by atoms with E-state index >= 15 is 0 Å². The third-order valence-corrected chi connectivity index (χ3v) is 5.10. The standard InChI is InChI=1S/C11H16N2O3S/c1-11(2)8-9(14)5-7-13(11)17(15,16)10-4-3-6-12-10/h3-4,6,12H,5,7-8H2,1-2H3. The van der Waals surface area contributed by atoms with Gasteiger partial charge < -0.3 is 4.98 Å². The number of carbonyl (C=O) groups is 1. The third kappa shape index (κ3) is 2.14. The number of nitrogens with zero attached hydrogens (tertiary/aromatic N) is 1. The van der Waals surface area contributed by atoms with Gasteiger partial charge in [-0.3, -0.25) is 4.79 Å². The van der Waals surface area contributed by atoms with Gasteiger partial charge in [-0.05, 0) is 26.0 Å². The number of aromatic amines is 1. The molecule has 1 aromatic heterocycles. The molecule has 2 heterocycles. The highest BCUT2D eigenvalue weighted by atomic mass is 32.2. The van der Waals surface area contributed by atoms with E-state index in [0.717, 1.165) is 0 Å². The molecule has 0 amide bonds. The molecule has 94 valence electrons. The van der Waals surface area contributed by atoms with Crippen molar-refractivity contribution in [2.75, 3.05) is 6.54 Å². The number of nitrogens with one attached hydrogen (secondary N) is 1. The zero-order valence-corrected chi connectivity index (χ0v) is 10.8. The molecule has 0 radical (unpaired) electrons. The highest BCUT2D eigenvalue weighted by Gasteiger charge is 2.41. The molecule has 0 saturated carbocycles. The molecular weight excluding hydrogens is 240 g/mol. The SMILES string of the molecule is CC1(C)CC(=O)CCN1S(=O)(=O)c1ccc[nH]1. The molecule has 0 bridgehead atoms. The molecule has 0 spiro atoms. The van der Waals surface area contributed by atoms with Crippen LogP contribution in [-0.4, -0.2) is 35.6 Å². The van der Waals surface area contributed by atoms with Gasteiger partial charge in [0.2, 0.25) is 0 Å². The number of hydrogen-bond acceptors (Lipinski definition) is 3. The Morgan fingerprint density at radius 1 is 1.41 bits per heavy atom. The second-order valence-corrected chi connectivity index (χ2v) is 6.72. The summed E-state index contributed by atoms with van der Waals surface area (Å²) in [5.41, 5.74) is -0.653. The molecule has 1 aliphatic rings. The van der Waals surface area contributed by atoms with Crippen molar-refractivity contribution < 1.29 is 13.2 Å². The molecule has 0 aromatic carbocycles. The second-order valence-electron chi connectivity index (χ2n) is 4.89. The Morgan fingerprint density at radius 2 is 2.12 bits per heavy atom. The van der Waals surface area contributed by atoms with E-state index in [0.29, 0.717) is 6.42 Å². The van der Waals surface area contributed by atoms with Gasteiger partial charge in [0.25, 0.3) is 10.0 Å². The summed E-state index contributed by atoms with van der Waals surface area (Å²) in [4.78, 5) is 14.1. The van der Waals surface area contributed by atoms with E-state index in [4.69, 9.17) is 0 Å². The van der Waals surface area contributed by atoms with Gasteiger partial charge in [0.1, 0.15) is 10.8 Å². The van der Waals surface area contributed by atoms with Gasteiger partial charge in [-0.1, -0.05) is 0 Å². The quantitative estimate of drug-likeness (QED) is 0.862. The summed E-state index contributed by atoms with van der Waals surface area (Å²) in [6, 6.07) is 3.18. The topological polar surface area (TPSA) is 70.2 Å². The summed E-state index contributed by atoms with van der Waals surface area (Å²) in [7, 11) is -3.52. The number of piperidine rings is 1. The van der Waals surface area contributed by atoms with Gasteiger partial charge in [0.05, 0.1) is 0 Å². The van der Waals surface area contributed by atoms with Crippen LogP contribution < -0.4 is 0 Å². The summed E-state index contributed by atoms with van der Waals surface area (Å²) in [5, 5.41) is 0.180. The fourth-order valence-corrected chi connectivity index (χ4v) is 3.98. The Balaban J connectivity index is 2.38. The number of carbonyl (C=O) groups excluding carboxylic acids is 1. The van der Waals surface area contributed by atoms with Crippen molar-refractivity contribution in [3.8, 4) is 0 Å². The highest BCUT2D eigenvalue weighted by Crippen LogP contribution is 2.30. The van der Waals surface area contributed by atoms with Crippen molar-refractivity contribution in [2.45, 2.75) is 37.3 Å². The fourth-order valence-electron chi connectivity index (χ4n) is 2.23. The monoisotopic (exact) mass is 256 g/mol. The summed E-state index contributed by atoms with van der Waals surface area (Å²) in [5.74, 6) is 0.118. The molecule has 17 heavy (non-hydrogen) atoms. The number of H-pyrrole nitrogens is 1. The van der Waals surface area contributed by atoms with Crippen molar-refractivity contribution >= 4 is 15.8 Å². The van der Waals surface area contributed by atoms with Crippen molar-refractivity contribution in [3.05, 3.63) is 18.3 Å². The van der Waals surface area contributed by atoms with Gasteiger partial charge in [-0.2, -0.15) is 4.31 Å². The van der Waals surface area contributed by atoms with Crippen LogP contribution >= 0.6 is 0 Å². The first kappa shape index (κ1) is 12.3.